The van der Waals surface area contributed by atoms with E-state index in [0.29, 0.717) is 5.92 Å². The van der Waals surface area contributed by atoms with Crippen LogP contribution in [0.1, 0.15) is 40.0 Å². The monoisotopic (exact) mass is 252 g/mol. The molecular weight excluding hydrogens is 228 g/mol. The van der Waals surface area contributed by atoms with Crippen molar-refractivity contribution < 1.29 is 14.9 Å². The molecule has 6 atom stereocenters. The summed E-state index contributed by atoms with van der Waals surface area (Å²) in [5.74, 6) is 0.637. The zero-order chi connectivity index (χ0) is 13.2. The van der Waals surface area contributed by atoms with Gasteiger partial charge in [0, 0.05) is 5.41 Å². The van der Waals surface area contributed by atoms with Crippen LogP contribution in [0.15, 0.2) is 12.2 Å². The predicted molar refractivity (Wildman–Crippen MR) is 69.1 cm³/mol. The van der Waals surface area contributed by atoms with Gasteiger partial charge in [-0.25, -0.2) is 0 Å². The Bertz CT molecular complexity index is 393. The number of hydrogen-bond acceptors (Lipinski definition) is 3. The third kappa shape index (κ3) is 1.30. The van der Waals surface area contributed by atoms with Crippen molar-refractivity contribution in [3.05, 3.63) is 12.2 Å². The van der Waals surface area contributed by atoms with Crippen molar-refractivity contribution in [2.45, 2.75) is 57.3 Å². The highest BCUT2D eigenvalue weighted by molar-refractivity contribution is 5.25. The third-order valence-corrected chi connectivity index (χ3v) is 6.16. The second kappa shape index (κ2) is 3.59. The highest BCUT2D eigenvalue weighted by Gasteiger charge is 2.65. The van der Waals surface area contributed by atoms with Crippen molar-refractivity contribution in [3.63, 3.8) is 0 Å². The lowest BCUT2D eigenvalue weighted by molar-refractivity contribution is -0.251. The van der Waals surface area contributed by atoms with Gasteiger partial charge in [0.05, 0.1) is 23.9 Å². The SMILES string of the molecule is C[C@H]1[C@H](O)C=C[C@@]2(C)O[C@@](C)(CO)[C@@H]3CC[C@]12C3. The van der Waals surface area contributed by atoms with E-state index in [1.54, 1.807) is 0 Å². The van der Waals surface area contributed by atoms with E-state index in [-0.39, 0.29) is 29.6 Å². The second-order valence-electron chi connectivity index (χ2n) is 6.91. The van der Waals surface area contributed by atoms with E-state index in [0.717, 1.165) is 19.3 Å². The summed E-state index contributed by atoms with van der Waals surface area (Å²) in [6.45, 7) is 6.37. The average molecular weight is 252 g/mol. The molecule has 0 unspecified atom stereocenters. The maximum absolute atomic E-state index is 10.1. The zero-order valence-corrected chi connectivity index (χ0v) is 11.5. The van der Waals surface area contributed by atoms with E-state index in [2.05, 4.69) is 13.8 Å². The predicted octanol–water partition coefficient (Wildman–Crippen LogP) is 1.88. The Morgan fingerprint density at radius 2 is 2.11 bits per heavy atom. The van der Waals surface area contributed by atoms with Gasteiger partial charge in [0.25, 0.3) is 0 Å². The summed E-state index contributed by atoms with van der Waals surface area (Å²) in [6.07, 6.45) is 6.78. The Hall–Kier alpha value is -0.380. The lowest BCUT2D eigenvalue weighted by atomic mass is 9.57. The summed E-state index contributed by atoms with van der Waals surface area (Å²) in [5.41, 5.74) is -0.738. The van der Waals surface area contributed by atoms with Gasteiger partial charge in [0.2, 0.25) is 0 Å². The number of rotatable bonds is 1. The third-order valence-electron chi connectivity index (χ3n) is 6.16. The van der Waals surface area contributed by atoms with E-state index in [9.17, 15) is 10.2 Å². The first-order valence-electron chi connectivity index (χ1n) is 7.05. The summed E-state index contributed by atoms with van der Waals surface area (Å²) >= 11 is 0. The largest absolute Gasteiger partial charge is 0.393 e. The molecule has 1 saturated carbocycles. The van der Waals surface area contributed by atoms with E-state index < -0.39 is 5.60 Å². The molecule has 18 heavy (non-hydrogen) atoms. The van der Waals surface area contributed by atoms with Gasteiger partial charge in [-0.2, -0.15) is 0 Å². The minimum atomic E-state index is -0.429. The number of ether oxygens (including phenoxy) is 1. The van der Waals surface area contributed by atoms with Crippen molar-refractivity contribution in [2.75, 3.05) is 6.61 Å². The molecule has 2 bridgehead atoms. The normalized spacial score (nSPS) is 58.6. The molecule has 0 aromatic carbocycles. The van der Waals surface area contributed by atoms with Gasteiger partial charge in [-0.15, -0.1) is 0 Å². The Morgan fingerprint density at radius 1 is 1.39 bits per heavy atom. The molecule has 1 aliphatic heterocycles. The maximum atomic E-state index is 10.1. The number of fused-ring (bicyclic) bond motifs is 1. The Labute approximate surface area is 109 Å². The van der Waals surface area contributed by atoms with Crippen LogP contribution in [0.2, 0.25) is 0 Å². The van der Waals surface area contributed by atoms with Crippen LogP contribution in [0.25, 0.3) is 0 Å². The van der Waals surface area contributed by atoms with Gasteiger partial charge in [-0.1, -0.05) is 19.1 Å². The lowest BCUT2D eigenvalue weighted by Crippen LogP contribution is -2.62. The molecule has 2 aliphatic carbocycles. The molecule has 102 valence electrons. The standard InChI is InChI=1S/C15H24O3/c1-10-12(17)5-6-14(3)15(10)7-4-11(8-15)13(2,9-16)18-14/h5-6,10-12,16-17H,4,7-9H2,1-3H3/t10-,11+,12+,13-,14+,15-/m0/s1. The molecule has 2 N–H and O–H groups in total. The van der Waals surface area contributed by atoms with Crippen LogP contribution in [0.5, 0.6) is 0 Å². The molecule has 1 spiro atoms. The lowest BCUT2D eigenvalue weighted by Gasteiger charge is -2.58. The first-order chi connectivity index (χ1) is 8.37. The molecule has 3 rings (SSSR count). The summed E-state index contributed by atoms with van der Waals surface area (Å²) in [5, 5.41) is 19.8. The molecule has 1 heterocycles. The van der Waals surface area contributed by atoms with Gasteiger partial charge < -0.3 is 14.9 Å². The van der Waals surface area contributed by atoms with Crippen LogP contribution in [0.3, 0.4) is 0 Å². The van der Waals surface area contributed by atoms with E-state index in [1.165, 1.54) is 0 Å². The quantitative estimate of drug-likeness (QED) is 0.701. The maximum Gasteiger partial charge on any atom is 0.0924 e. The smallest absolute Gasteiger partial charge is 0.0924 e. The van der Waals surface area contributed by atoms with Gasteiger partial charge in [0.15, 0.2) is 0 Å². The Balaban J connectivity index is 2.08. The highest BCUT2D eigenvalue weighted by Crippen LogP contribution is 2.65. The second-order valence-corrected chi connectivity index (χ2v) is 6.91. The van der Waals surface area contributed by atoms with Crippen LogP contribution in [-0.4, -0.2) is 34.1 Å². The highest BCUT2D eigenvalue weighted by atomic mass is 16.5. The molecule has 3 heteroatoms. The van der Waals surface area contributed by atoms with Gasteiger partial charge in [-0.05, 0) is 44.9 Å². The van der Waals surface area contributed by atoms with Crippen LogP contribution in [0.4, 0.5) is 0 Å². The molecule has 0 radical (unpaired) electrons. The topological polar surface area (TPSA) is 49.7 Å². The number of hydrogen-bond donors (Lipinski definition) is 2. The molecule has 0 aromatic heterocycles. The molecule has 0 amide bonds. The minimum Gasteiger partial charge on any atom is -0.393 e. The van der Waals surface area contributed by atoms with Crippen molar-refractivity contribution in [3.8, 4) is 0 Å². The van der Waals surface area contributed by atoms with Crippen molar-refractivity contribution in [1.82, 2.24) is 0 Å². The van der Waals surface area contributed by atoms with Crippen LogP contribution in [-0.2, 0) is 4.74 Å². The summed E-state index contributed by atoms with van der Waals surface area (Å²) < 4.78 is 6.36. The Kier molecular flexibility index (Phi) is 2.52. The van der Waals surface area contributed by atoms with Crippen molar-refractivity contribution >= 4 is 0 Å². The molecule has 2 fully saturated rings. The van der Waals surface area contributed by atoms with E-state index >= 15 is 0 Å². The van der Waals surface area contributed by atoms with Crippen molar-refractivity contribution in [2.24, 2.45) is 17.3 Å². The molecule has 1 saturated heterocycles. The van der Waals surface area contributed by atoms with E-state index in [4.69, 9.17) is 4.74 Å². The Morgan fingerprint density at radius 3 is 2.78 bits per heavy atom. The fourth-order valence-corrected chi connectivity index (χ4v) is 4.72. The summed E-state index contributed by atoms with van der Waals surface area (Å²) in [7, 11) is 0. The van der Waals surface area contributed by atoms with Gasteiger partial charge in [0.1, 0.15) is 0 Å². The number of aliphatic hydroxyl groups excluding tert-OH is 2. The van der Waals surface area contributed by atoms with Crippen LogP contribution in [0, 0.1) is 17.3 Å². The summed E-state index contributed by atoms with van der Waals surface area (Å²) in [4.78, 5) is 0. The number of aliphatic hydroxyl groups is 2. The van der Waals surface area contributed by atoms with Gasteiger partial charge >= 0.3 is 0 Å². The molecule has 3 nitrogen and oxygen atoms in total. The van der Waals surface area contributed by atoms with E-state index in [1.807, 2.05) is 19.1 Å². The minimum absolute atomic E-state index is 0.0422. The fraction of sp³-hybridized carbons (Fsp3) is 0.867. The molecule has 0 aromatic rings. The zero-order valence-electron chi connectivity index (χ0n) is 11.5. The van der Waals surface area contributed by atoms with Crippen LogP contribution >= 0.6 is 0 Å². The first-order valence-corrected chi connectivity index (χ1v) is 7.05. The molecule has 3 aliphatic rings. The average Bonchev–Trinajstić information content (AvgIpc) is 2.76. The molecular formula is C15H24O3. The fourth-order valence-electron chi connectivity index (χ4n) is 4.72. The summed E-state index contributed by atoms with van der Waals surface area (Å²) in [6, 6.07) is 0. The van der Waals surface area contributed by atoms with Crippen molar-refractivity contribution in [1.29, 1.82) is 0 Å². The van der Waals surface area contributed by atoms with Gasteiger partial charge in [-0.3, -0.25) is 0 Å². The first kappa shape index (κ1) is 12.6. The van der Waals surface area contributed by atoms with Crippen LogP contribution < -0.4 is 0 Å².